The van der Waals surface area contributed by atoms with E-state index in [1.54, 1.807) is 24.4 Å². The fourth-order valence-electron chi connectivity index (χ4n) is 3.26. The van der Waals surface area contributed by atoms with Gasteiger partial charge in [-0.05, 0) is 41.3 Å². The number of hydrogen-bond donors (Lipinski definition) is 2. The summed E-state index contributed by atoms with van der Waals surface area (Å²) >= 11 is 0. The normalized spacial score (nSPS) is 13.1. The molecule has 0 spiro atoms. The topological polar surface area (TPSA) is 138 Å². The lowest BCUT2D eigenvalue weighted by atomic mass is 10.0. The molecule has 3 heterocycles. The summed E-state index contributed by atoms with van der Waals surface area (Å²) < 4.78 is 22.0. The standard InChI is InChI=1S/C22H21N4O5P/c23-22-20(4-2-10-26(22)15-30-32(27,28)29)21-13-19(25-31-21)12-17-7-5-16(6-8-17)11-18-3-1-9-24-14-18/h1-10,13-14,23H,11-12,15H2,(H2,27,28,29). The van der Waals surface area contributed by atoms with Crippen LogP contribution in [0.5, 0.6) is 0 Å². The zero-order chi connectivity index (χ0) is 22.6. The average molecular weight is 452 g/mol. The fourth-order valence-corrected chi connectivity index (χ4v) is 3.53. The van der Waals surface area contributed by atoms with E-state index >= 15 is 0 Å². The van der Waals surface area contributed by atoms with Crippen LogP contribution in [0.25, 0.3) is 11.3 Å². The van der Waals surface area contributed by atoms with E-state index in [1.165, 1.54) is 16.3 Å². The van der Waals surface area contributed by atoms with Gasteiger partial charge in [-0.3, -0.25) is 19.8 Å². The molecular formula is C22H21N4O5P. The lowest BCUT2D eigenvalue weighted by molar-refractivity contribution is -0.712. The largest absolute Gasteiger partial charge is 0.756 e. The number of nitrogens with two attached hydrogens (primary N) is 1. The number of phosphoric ester groups is 1. The van der Waals surface area contributed by atoms with Gasteiger partial charge in [-0.15, -0.1) is 0 Å². The molecule has 4 rings (SSSR count). The lowest BCUT2D eigenvalue weighted by Crippen LogP contribution is -2.38. The molecular weight excluding hydrogens is 431 g/mol. The van der Waals surface area contributed by atoms with Gasteiger partial charge in [0.05, 0.1) is 11.9 Å². The van der Waals surface area contributed by atoms with Crippen molar-refractivity contribution in [1.29, 1.82) is 0 Å². The van der Waals surface area contributed by atoms with Gasteiger partial charge in [-0.2, -0.15) is 0 Å². The summed E-state index contributed by atoms with van der Waals surface area (Å²) in [7, 11) is -4.86. The molecule has 3 aromatic heterocycles. The second-order valence-corrected chi connectivity index (χ2v) is 8.41. The Labute approximate surface area is 184 Å². The summed E-state index contributed by atoms with van der Waals surface area (Å²) in [6.45, 7) is -0.455. The zero-order valence-electron chi connectivity index (χ0n) is 17.0. The molecule has 32 heavy (non-hydrogen) atoms. The third-order valence-electron chi connectivity index (χ3n) is 4.84. The highest BCUT2D eigenvalue weighted by Crippen LogP contribution is 2.30. The maximum atomic E-state index is 10.8. The predicted molar refractivity (Wildman–Crippen MR) is 114 cm³/mol. The van der Waals surface area contributed by atoms with E-state index in [0.717, 1.165) is 23.2 Å². The minimum absolute atomic E-state index is 0.211. The molecule has 9 nitrogen and oxygen atoms in total. The van der Waals surface area contributed by atoms with Crippen LogP contribution in [0, 0.1) is 0 Å². The number of hydrogen-bond acceptors (Lipinski definition) is 7. The fraction of sp³-hybridized carbons (Fsp3) is 0.136. The van der Waals surface area contributed by atoms with E-state index in [9.17, 15) is 9.46 Å². The van der Waals surface area contributed by atoms with E-state index in [0.29, 0.717) is 17.7 Å². The third-order valence-corrected chi connectivity index (χ3v) is 5.28. The third kappa shape index (κ3) is 5.66. The van der Waals surface area contributed by atoms with Gasteiger partial charge in [-0.1, -0.05) is 35.5 Å². The van der Waals surface area contributed by atoms with Crippen LogP contribution in [0.2, 0.25) is 0 Å². The van der Waals surface area contributed by atoms with E-state index < -0.39 is 14.6 Å². The van der Waals surface area contributed by atoms with Crippen molar-refractivity contribution in [3.05, 3.63) is 95.6 Å². The quantitative estimate of drug-likeness (QED) is 0.307. The molecule has 0 amide bonds. The highest BCUT2D eigenvalue weighted by Gasteiger charge is 2.18. The maximum Gasteiger partial charge on any atom is 0.285 e. The van der Waals surface area contributed by atoms with Gasteiger partial charge in [0.1, 0.15) is 5.56 Å². The molecule has 0 aliphatic heterocycles. The Kier molecular flexibility index (Phi) is 6.43. The second kappa shape index (κ2) is 9.42. The molecule has 0 bridgehead atoms. The Morgan fingerprint density at radius 1 is 1.09 bits per heavy atom. The molecule has 1 atom stereocenters. The van der Waals surface area contributed by atoms with Crippen molar-refractivity contribution in [2.45, 2.75) is 19.6 Å². The van der Waals surface area contributed by atoms with Gasteiger partial charge in [0.15, 0.2) is 12.5 Å². The number of pyridine rings is 2. The highest BCUT2D eigenvalue weighted by atomic mass is 31.2. The smallest absolute Gasteiger partial charge is 0.285 e. The van der Waals surface area contributed by atoms with Crippen molar-refractivity contribution < 1.29 is 28.0 Å². The van der Waals surface area contributed by atoms with Crippen LogP contribution in [0.1, 0.15) is 22.4 Å². The molecule has 0 saturated heterocycles. The summed E-state index contributed by atoms with van der Waals surface area (Å²) in [5.74, 6) is 0.651. The molecule has 4 aromatic rings. The van der Waals surface area contributed by atoms with Crippen LogP contribution >= 0.6 is 7.82 Å². The van der Waals surface area contributed by atoms with Crippen LogP contribution < -0.4 is 15.2 Å². The maximum absolute atomic E-state index is 10.8. The molecule has 1 aromatic carbocycles. The Morgan fingerprint density at radius 3 is 2.53 bits per heavy atom. The summed E-state index contributed by atoms with van der Waals surface area (Å²) in [6, 6.07) is 17.4. The molecule has 164 valence electrons. The molecule has 0 aliphatic carbocycles. The number of benzene rings is 1. The summed E-state index contributed by atoms with van der Waals surface area (Å²) in [4.78, 5) is 23.8. The molecule has 0 radical (unpaired) electrons. The first kappa shape index (κ1) is 21.9. The summed E-state index contributed by atoms with van der Waals surface area (Å²) in [5.41, 5.74) is 10.8. The minimum atomic E-state index is -4.86. The van der Waals surface area contributed by atoms with Crippen molar-refractivity contribution in [1.82, 2.24) is 10.1 Å². The number of phosphoric acid groups is 1. The highest BCUT2D eigenvalue weighted by molar-refractivity contribution is 7.44. The average Bonchev–Trinajstić information content (AvgIpc) is 3.23. The molecule has 0 fully saturated rings. The Balaban J connectivity index is 1.45. The van der Waals surface area contributed by atoms with Crippen LogP contribution in [0.3, 0.4) is 0 Å². The summed E-state index contributed by atoms with van der Waals surface area (Å²) in [5, 5.41) is 4.12. The number of nitrogens with zero attached hydrogens (tertiary/aromatic N) is 3. The SMILES string of the molecule is Nc1c(-c2cc(Cc3ccc(Cc4cccnc4)cc3)no2)ccc[n+]1COP(=O)([O-])O. The van der Waals surface area contributed by atoms with Gasteiger partial charge < -0.3 is 14.3 Å². The van der Waals surface area contributed by atoms with E-state index in [4.69, 9.17) is 15.2 Å². The minimum Gasteiger partial charge on any atom is -0.756 e. The first-order chi connectivity index (χ1) is 15.4. The van der Waals surface area contributed by atoms with Crippen LogP contribution in [0.15, 0.2) is 77.7 Å². The van der Waals surface area contributed by atoms with Gasteiger partial charge >= 0.3 is 0 Å². The number of anilines is 1. The van der Waals surface area contributed by atoms with Crippen LogP contribution in [-0.4, -0.2) is 15.0 Å². The van der Waals surface area contributed by atoms with E-state index in [1.807, 2.05) is 18.3 Å². The van der Waals surface area contributed by atoms with Gasteiger partial charge in [-0.25, -0.2) is 4.57 Å². The Morgan fingerprint density at radius 2 is 1.84 bits per heavy atom. The first-order valence-electron chi connectivity index (χ1n) is 9.76. The van der Waals surface area contributed by atoms with Crippen molar-refractivity contribution >= 4 is 13.6 Å². The molecule has 0 aliphatic rings. The van der Waals surface area contributed by atoms with Crippen LogP contribution in [-0.2, 0) is 28.7 Å². The predicted octanol–water partition coefficient (Wildman–Crippen LogP) is 2.22. The lowest BCUT2D eigenvalue weighted by Gasteiger charge is -2.14. The van der Waals surface area contributed by atoms with Gasteiger partial charge in [0.25, 0.3) is 13.6 Å². The molecule has 0 saturated carbocycles. The molecule has 3 N–H and O–H groups in total. The van der Waals surface area contributed by atoms with E-state index in [2.05, 4.69) is 38.9 Å². The van der Waals surface area contributed by atoms with Crippen LogP contribution in [0.4, 0.5) is 5.82 Å². The molecule has 1 unspecified atom stereocenters. The van der Waals surface area contributed by atoms with Gasteiger partial charge in [0, 0.05) is 24.9 Å². The van der Waals surface area contributed by atoms with Gasteiger partial charge in [0.2, 0.25) is 0 Å². The molecule has 10 heteroatoms. The van der Waals surface area contributed by atoms with Crippen molar-refractivity contribution in [2.24, 2.45) is 0 Å². The van der Waals surface area contributed by atoms with Crippen molar-refractivity contribution in [2.75, 3.05) is 5.73 Å². The van der Waals surface area contributed by atoms with Crippen molar-refractivity contribution in [3.8, 4) is 11.3 Å². The Bertz CT molecular complexity index is 1240. The van der Waals surface area contributed by atoms with E-state index in [-0.39, 0.29) is 5.82 Å². The first-order valence-corrected chi connectivity index (χ1v) is 11.3. The number of aromatic nitrogens is 3. The number of nitrogen functional groups attached to an aromatic ring is 1. The zero-order valence-corrected chi connectivity index (χ0v) is 17.9. The number of rotatable bonds is 8. The van der Waals surface area contributed by atoms with Crippen molar-refractivity contribution in [3.63, 3.8) is 0 Å². The Hall–Kier alpha value is -3.36. The monoisotopic (exact) mass is 452 g/mol. The second-order valence-electron chi connectivity index (χ2n) is 7.22. The summed E-state index contributed by atoms with van der Waals surface area (Å²) in [6.07, 6.45) is 6.54.